The number of likely N-dealkylation sites (tertiary alicyclic amines) is 1. The van der Waals surface area contributed by atoms with Gasteiger partial charge in [0.1, 0.15) is 17.2 Å². The Balaban J connectivity index is 0.00000363. The summed E-state index contributed by atoms with van der Waals surface area (Å²) in [6.45, 7) is 3.64. The van der Waals surface area contributed by atoms with Crippen LogP contribution in [0.2, 0.25) is 0 Å². The van der Waals surface area contributed by atoms with E-state index in [0.29, 0.717) is 6.10 Å². The van der Waals surface area contributed by atoms with E-state index in [0.717, 1.165) is 80.2 Å². The summed E-state index contributed by atoms with van der Waals surface area (Å²) in [5.41, 5.74) is 1.02. The maximum Gasteiger partial charge on any atom is 0.193 e. The first-order chi connectivity index (χ1) is 15.2. The Kier molecular flexibility index (Phi) is 11.7. The lowest BCUT2D eigenvalue weighted by molar-refractivity contribution is 0.00103. The molecular formula is C24H40IN3O4. The standard InChI is InChI=1S/C24H39N3O4.HI/c1-25-24(27-13-10-19(11-14-27)31-17-18-7-5-6-8-18)26-12-9-21-22(29-3)15-20(28-2)16-23(21)30-4;/h15-16,18-19H,5-14,17H2,1-4H3,(H,25,26);1H. The minimum Gasteiger partial charge on any atom is -0.496 e. The molecule has 1 aliphatic heterocycles. The summed E-state index contributed by atoms with van der Waals surface area (Å²) in [5.74, 6) is 4.00. The van der Waals surface area contributed by atoms with E-state index in [1.807, 2.05) is 19.2 Å². The molecule has 182 valence electrons. The van der Waals surface area contributed by atoms with Crippen LogP contribution in [-0.4, -0.2) is 71.6 Å². The molecule has 0 spiro atoms. The molecule has 1 saturated heterocycles. The van der Waals surface area contributed by atoms with Crippen LogP contribution < -0.4 is 19.5 Å². The summed E-state index contributed by atoms with van der Waals surface area (Å²) < 4.78 is 22.7. The minimum absolute atomic E-state index is 0. The maximum absolute atomic E-state index is 6.21. The normalized spacial score (nSPS) is 17.8. The number of nitrogens with zero attached hydrogens (tertiary/aromatic N) is 2. The highest BCUT2D eigenvalue weighted by Crippen LogP contribution is 2.34. The summed E-state index contributed by atoms with van der Waals surface area (Å²) in [5, 5.41) is 3.50. The molecule has 1 heterocycles. The summed E-state index contributed by atoms with van der Waals surface area (Å²) in [4.78, 5) is 6.83. The van der Waals surface area contributed by atoms with Gasteiger partial charge in [0.05, 0.1) is 27.4 Å². The first-order valence-electron chi connectivity index (χ1n) is 11.5. The van der Waals surface area contributed by atoms with Crippen molar-refractivity contribution in [3.63, 3.8) is 0 Å². The van der Waals surface area contributed by atoms with E-state index < -0.39 is 0 Å². The van der Waals surface area contributed by atoms with Crippen molar-refractivity contribution in [2.24, 2.45) is 10.9 Å². The first-order valence-corrected chi connectivity index (χ1v) is 11.5. The van der Waals surface area contributed by atoms with Crippen molar-refractivity contribution in [3.8, 4) is 17.2 Å². The van der Waals surface area contributed by atoms with E-state index in [1.165, 1.54) is 25.7 Å². The van der Waals surface area contributed by atoms with Crippen molar-refractivity contribution in [1.29, 1.82) is 0 Å². The maximum atomic E-state index is 6.21. The molecule has 1 aromatic carbocycles. The molecule has 1 aromatic rings. The van der Waals surface area contributed by atoms with Crippen LogP contribution in [0.3, 0.4) is 0 Å². The van der Waals surface area contributed by atoms with Gasteiger partial charge in [0.15, 0.2) is 5.96 Å². The van der Waals surface area contributed by atoms with Crippen LogP contribution in [0.25, 0.3) is 0 Å². The number of benzene rings is 1. The number of hydrogen-bond donors (Lipinski definition) is 1. The van der Waals surface area contributed by atoms with Crippen molar-refractivity contribution < 1.29 is 18.9 Å². The van der Waals surface area contributed by atoms with Gasteiger partial charge in [-0.25, -0.2) is 0 Å². The second kappa shape index (κ2) is 14.0. The third-order valence-electron chi connectivity index (χ3n) is 6.47. The van der Waals surface area contributed by atoms with Gasteiger partial charge in [-0.3, -0.25) is 4.99 Å². The van der Waals surface area contributed by atoms with Gasteiger partial charge in [0, 0.05) is 51.0 Å². The van der Waals surface area contributed by atoms with E-state index in [-0.39, 0.29) is 24.0 Å². The molecule has 0 aromatic heterocycles. The molecule has 8 heteroatoms. The number of methoxy groups -OCH3 is 3. The van der Waals surface area contributed by atoms with Gasteiger partial charge in [-0.2, -0.15) is 0 Å². The number of rotatable bonds is 9. The molecule has 7 nitrogen and oxygen atoms in total. The number of ether oxygens (including phenoxy) is 4. The van der Waals surface area contributed by atoms with Crippen LogP contribution in [0.5, 0.6) is 17.2 Å². The summed E-state index contributed by atoms with van der Waals surface area (Å²) in [6, 6.07) is 3.78. The van der Waals surface area contributed by atoms with E-state index in [2.05, 4.69) is 15.2 Å². The van der Waals surface area contributed by atoms with Crippen molar-refractivity contribution in [2.75, 3.05) is 54.6 Å². The van der Waals surface area contributed by atoms with E-state index in [9.17, 15) is 0 Å². The molecule has 0 bridgehead atoms. The van der Waals surface area contributed by atoms with Crippen molar-refractivity contribution in [2.45, 2.75) is 51.0 Å². The lowest BCUT2D eigenvalue weighted by Gasteiger charge is -2.34. The molecule has 32 heavy (non-hydrogen) atoms. The van der Waals surface area contributed by atoms with Crippen LogP contribution >= 0.6 is 24.0 Å². The molecule has 0 unspecified atom stereocenters. The van der Waals surface area contributed by atoms with Crippen molar-refractivity contribution in [3.05, 3.63) is 17.7 Å². The highest BCUT2D eigenvalue weighted by molar-refractivity contribution is 14.0. The molecule has 0 atom stereocenters. The zero-order valence-electron chi connectivity index (χ0n) is 20.0. The van der Waals surface area contributed by atoms with E-state index >= 15 is 0 Å². The predicted molar refractivity (Wildman–Crippen MR) is 139 cm³/mol. The van der Waals surface area contributed by atoms with Gasteiger partial charge in [0.2, 0.25) is 0 Å². The number of halogens is 1. The Hall–Kier alpha value is -1.42. The van der Waals surface area contributed by atoms with E-state index in [4.69, 9.17) is 18.9 Å². The van der Waals surface area contributed by atoms with Crippen LogP contribution in [-0.2, 0) is 11.2 Å². The van der Waals surface area contributed by atoms with Crippen LogP contribution in [0.15, 0.2) is 17.1 Å². The van der Waals surface area contributed by atoms with Gasteiger partial charge in [0.25, 0.3) is 0 Å². The predicted octanol–water partition coefficient (Wildman–Crippen LogP) is 4.12. The molecule has 2 aliphatic rings. The fourth-order valence-electron chi connectivity index (χ4n) is 4.64. The Morgan fingerprint density at radius 3 is 2.16 bits per heavy atom. The smallest absolute Gasteiger partial charge is 0.193 e. The third-order valence-corrected chi connectivity index (χ3v) is 6.47. The zero-order chi connectivity index (χ0) is 22.1. The number of guanidine groups is 1. The minimum atomic E-state index is 0. The van der Waals surface area contributed by atoms with Crippen molar-refractivity contribution >= 4 is 29.9 Å². The number of aliphatic imine (C=N–C) groups is 1. The molecule has 1 saturated carbocycles. The van der Waals surface area contributed by atoms with Gasteiger partial charge in [-0.1, -0.05) is 12.8 Å². The molecule has 2 fully saturated rings. The quantitative estimate of drug-likeness (QED) is 0.278. The highest BCUT2D eigenvalue weighted by Gasteiger charge is 2.24. The van der Waals surface area contributed by atoms with Gasteiger partial charge in [-0.05, 0) is 38.0 Å². The summed E-state index contributed by atoms with van der Waals surface area (Å²) in [6.07, 6.45) is 8.73. The van der Waals surface area contributed by atoms with Gasteiger partial charge < -0.3 is 29.2 Å². The second-order valence-corrected chi connectivity index (χ2v) is 8.40. The van der Waals surface area contributed by atoms with Gasteiger partial charge >= 0.3 is 0 Å². The lowest BCUT2D eigenvalue weighted by Crippen LogP contribution is -2.47. The molecule has 3 rings (SSSR count). The SMILES string of the molecule is CN=C(NCCc1c(OC)cc(OC)cc1OC)N1CCC(OCC2CCCC2)CC1.I. The summed E-state index contributed by atoms with van der Waals surface area (Å²) in [7, 11) is 6.83. The molecule has 0 amide bonds. The molecule has 0 radical (unpaired) electrons. The highest BCUT2D eigenvalue weighted by atomic mass is 127. The number of hydrogen-bond acceptors (Lipinski definition) is 5. The van der Waals surface area contributed by atoms with Gasteiger partial charge in [-0.15, -0.1) is 24.0 Å². The Morgan fingerprint density at radius 1 is 1.00 bits per heavy atom. The van der Waals surface area contributed by atoms with E-state index in [1.54, 1.807) is 21.3 Å². The third kappa shape index (κ3) is 7.30. The van der Waals surface area contributed by atoms with Crippen LogP contribution in [0.4, 0.5) is 0 Å². The Labute approximate surface area is 210 Å². The fourth-order valence-corrected chi connectivity index (χ4v) is 4.64. The van der Waals surface area contributed by atoms with Crippen LogP contribution in [0, 0.1) is 5.92 Å². The average Bonchev–Trinajstić information content (AvgIpc) is 3.34. The van der Waals surface area contributed by atoms with Crippen molar-refractivity contribution in [1.82, 2.24) is 10.2 Å². The molecule has 1 aliphatic carbocycles. The Morgan fingerprint density at radius 2 is 1.62 bits per heavy atom. The monoisotopic (exact) mass is 561 g/mol. The summed E-state index contributed by atoms with van der Waals surface area (Å²) >= 11 is 0. The largest absolute Gasteiger partial charge is 0.496 e. The number of piperidine rings is 1. The van der Waals surface area contributed by atoms with Crippen LogP contribution in [0.1, 0.15) is 44.1 Å². The Bertz CT molecular complexity index is 692. The lowest BCUT2D eigenvalue weighted by atomic mass is 10.1. The molecular weight excluding hydrogens is 521 g/mol. The zero-order valence-corrected chi connectivity index (χ0v) is 22.4. The number of nitrogens with one attached hydrogen (secondary N) is 1. The molecule has 1 N–H and O–H groups in total. The fraction of sp³-hybridized carbons (Fsp3) is 0.708. The average molecular weight is 562 g/mol. The second-order valence-electron chi connectivity index (χ2n) is 8.40. The first kappa shape index (κ1) is 26.8. The topological polar surface area (TPSA) is 64.6 Å².